The Morgan fingerprint density at radius 1 is 0.767 bits per heavy atom. The summed E-state index contributed by atoms with van der Waals surface area (Å²) >= 11 is 0. The fraction of sp³-hybridized carbons (Fsp3) is 0.125. The van der Waals surface area contributed by atoms with E-state index in [-0.39, 0.29) is 0 Å². The first kappa shape index (κ1) is 19.6. The van der Waals surface area contributed by atoms with Gasteiger partial charge in [0.1, 0.15) is 5.75 Å². The van der Waals surface area contributed by atoms with E-state index in [1.54, 1.807) is 7.11 Å². The molecule has 0 unspecified atom stereocenters. The number of nitrogens with one attached hydrogen (secondary N) is 1. The molecule has 6 heteroatoms. The van der Waals surface area contributed by atoms with Crippen LogP contribution in [0, 0.1) is 0 Å². The average Bonchev–Trinajstić information content (AvgIpc) is 2.80. The lowest BCUT2D eigenvalue weighted by atomic mass is 9.42. The van der Waals surface area contributed by atoms with E-state index in [9.17, 15) is 0 Å². The minimum Gasteiger partial charge on any atom is -0.653 e. The Kier molecular flexibility index (Phi) is 5.48. The molecule has 0 aliphatic carbocycles. The molecule has 0 saturated heterocycles. The van der Waals surface area contributed by atoms with Crippen molar-refractivity contribution in [1.29, 1.82) is 0 Å². The predicted octanol–water partition coefficient (Wildman–Crippen LogP) is 2.84. The van der Waals surface area contributed by atoms with Crippen molar-refractivity contribution in [1.82, 2.24) is 0 Å². The highest BCUT2D eigenvalue weighted by Gasteiger charge is 2.44. The van der Waals surface area contributed by atoms with Crippen LogP contribution in [0.5, 0.6) is 5.75 Å². The van der Waals surface area contributed by atoms with E-state index in [0.29, 0.717) is 5.70 Å². The van der Waals surface area contributed by atoms with Gasteiger partial charge in [-0.05, 0) is 31.2 Å². The van der Waals surface area contributed by atoms with Crippen LogP contribution in [0.1, 0.15) is 13.8 Å². The quantitative estimate of drug-likeness (QED) is 0.532. The zero-order valence-corrected chi connectivity index (χ0v) is 17.4. The first-order chi connectivity index (χ1) is 14.6. The Balaban J connectivity index is 1.72. The van der Waals surface area contributed by atoms with Gasteiger partial charge in [-0.3, -0.25) is 0 Å². The van der Waals surface area contributed by atoms with Gasteiger partial charge in [0.05, 0.1) is 18.6 Å². The third-order valence-electron chi connectivity index (χ3n) is 5.34. The first-order valence-electron chi connectivity index (χ1n) is 9.96. The Hall–Kier alpha value is -3.67. The van der Waals surface area contributed by atoms with Crippen LogP contribution in [0.2, 0.25) is 0 Å². The van der Waals surface area contributed by atoms with Crippen LogP contribution in [-0.4, -0.2) is 19.3 Å². The molecule has 1 aliphatic rings. The largest absolute Gasteiger partial charge is 0.653 e. The maximum Gasteiger partial charge on any atom is 0.506 e. The van der Waals surface area contributed by atoms with Crippen LogP contribution in [0.4, 0.5) is 5.69 Å². The molecule has 0 radical (unpaired) electrons. The normalized spacial score (nSPS) is 15.6. The van der Waals surface area contributed by atoms with E-state index in [2.05, 4.69) is 39.4 Å². The van der Waals surface area contributed by atoms with Gasteiger partial charge in [-0.2, -0.15) is 5.11 Å². The van der Waals surface area contributed by atoms with Crippen LogP contribution >= 0.6 is 0 Å². The van der Waals surface area contributed by atoms with Crippen molar-refractivity contribution < 1.29 is 14.3 Å². The smallest absolute Gasteiger partial charge is 0.506 e. The van der Waals surface area contributed by atoms with E-state index < -0.39 is 6.48 Å². The Labute approximate surface area is 176 Å². The topological polar surface area (TPSA) is 57.2 Å². The van der Waals surface area contributed by atoms with E-state index >= 15 is 0 Å². The summed E-state index contributed by atoms with van der Waals surface area (Å²) in [6.07, 6.45) is 0. The number of ether oxygens (including phenoxy) is 1. The molecule has 0 saturated carbocycles. The van der Waals surface area contributed by atoms with Crippen molar-refractivity contribution in [3.8, 4) is 5.75 Å². The molecular weight excluding hydrogens is 373 g/mol. The van der Waals surface area contributed by atoms with Crippen molar-refractivity contribution >= 4 is 28.8 Å². The highest BCUT2D eigenvalue weighted by atomic mass is 16.5. The summed E-state index contributed by atoms with van der Waals surface area (Å²) in [4.78, 5) is 3.62. The second-order valence-corrected chi connectivity index (χ2v) is 7.30. The Bertz CT molecular complexity index is 1070. The summed E-state index contributed by atoms with van der Waals surface area (Å²) in [6, 6.07) is 27.9. The molecule has 1 N–H and O–H groups in total. The molecule has 30 heavy (non-hydrogen) atoms. The van der Waals surface area contributed by atoms with Gasteiger partial charge in [-0.25, -0.2) is 0 Å². The zero-order valence-electron chi connectivity index (χ0n) is 17.4. The van der Waals surface area contributed by atoms with Crippen LogP contribution in [0.25, 0.3) is 0 Å². The first-order valence-corrected chi connectivity index (χ1v) is 9.96. The molecule has 5 nitrogen and oxygen atoms in total. The molecule has 0 bridgehead atoms. The summed E-state index contributed by atoms with van der Waals surface area (Å²) in [6.45, 7) is 2.29. The summed E-state index contributed by atoms with van der Waals surface area (Å²) in [5.41, 5.74) is 4.53. The summed E-state index contributed by atoms with van der Waals surface area (Å²) < 4.78 is 11.8. The second-order valence-electron chi connectivity index (χ2n) is 7.30. The highest BCUT2D eigenvalue weighted by molar-refractivity contribution is 6.91. The SMILES string of the molecule is COc1ccc(N=NC2=C(C)O[B-](c3ccccc3)(c3ccccc3)[NH+]=C2C)cc1. The molecule has 0 spiro atoms. The van der Waals surface area contributed by atoms with Crippen LogP contribution < -0.4 is 20.6 Å². The third-order valence-corrected chi connectivity index (χ3v) is 5.34. The van der Waals surface area contributed by atoms with Crippen LogP contribution in [0.3, 0.4) is 0 Å². The Morgan fingerprint density at radius 2 is 1.33 bits per heavy atom. The van der Waals surface area contributed by atoms with E-state index in [1.165, 1.54) is 0 Å². The molecule has 1 aliphatic heterocycles. The summed E-state index contributed by atoms with van der Waals surface area (Å²) in [5.74, 6) is 1.52. The number of methoxy groups -OCH3 is 1. The van der Waals surface area contributed by atoms with Gasteiger partial charge in [-0.1, -0.05) is 71.6 Å². The monoisotopic (exact) mass is 397 g/mol. The fourth-order valence-electron chi connectivity index (χ4n) is 3.83. The van der Waals surface area contributed by atoms with E-state index in [1.807, 2.05) is 74.5 Å². The minimum atomic E-state index is -1.66. The molecular formula is C24H24BN3O2. The molecule has 0 amide bonds. The van der Waals surface area contributed by atoms with Gasteiger partial charge in [0.15, 0.2) is 11.4 Å². The van der Waals surface area contributed by atoms with Gasteiger partial charge in [0.2, 0.25) is 0 Å². The molecule has 0 aromatic heterocycles. The molecule has 0 fully saturated rings. The predicted molar refractivity (Wildman–Crippen MR) is 121 cm³/mol. The number of hydrogen-bond donors (Lipinski definition) is 1. The zero-order chi connectivity index (χ0) is 21.0. The van der Waals surface area contributed by atoms with Gasteiger partial charge in [0, 0.05) is 6.92 Å². The summed E-state index contributed by atoms with van der Waals surface area (Å²) in [7, 11) is 1.64. The van der Waals surface area contributed by atoms with Crippen molar-refractivity contribution in [2.24, 2.45) is 10.2 Å². The number of azo groups is 1. The molecule has 0 atom stereocenters. The van der Waals surface area contributed by atoms with Crippen molar-refractivity contribution in [3.05, 3.63) is 96.4 Å². The number of benzene rings is 3. The van der Waals surface area contributed by atoms with Gasteiger partial charge < -0.3 is 14.3 Å². The minimum absolute atomic E-state index is 0.704. The van der Waals surface area contributed by atoms with Gasteiger partial charge in [-0.15, -0.1) is 5.11 Å². The standard InChI is InChI=1S/C24H24BN3O2/c1-18-24(28-27-22-14-16-23(29-3)17-15-22)19(2)30-25(26-18,20-10-6-4-7-11-20)21-12-8-5-9-13-21/h4-17,26H,1-3H3. The average molecular weight is 397 g/mol. The molecule has 1 heterocycles. The van der Waals surface area contributed by atoms with Crippen LogP contribution in [-0.2, 0) is 4.65 Å². The maximum atomic E-state index is 6.59. The molecule has 3 aromatic carbocycles. The molecule has 4 rings (SSSR count). The fourth-order valence-corrected chi connectivity index (χ4v) is 3.83. The van der Waals surface area contributed by atoms with Gasteiger partial charge in [0.25, 0.3) is 0 Å². The van der Waals surface area contributed by atoms with Crippen LogP contribution in [0.15, 0.2) is 107 Å². The lowest BCUT2D eigenvalue weighted by molar-refractivity contribution is -0.324. The highest BCUT2D eigenvalue weighted by Crippen LogP contribution is 2.21. The second kappa shape index (κ2) is 8.37. The Morgan fingerprint density at radius 3 is 1.83 bits per heavy atom. The number of allylic oxidation sites excluding steroid dienone is 2. The van der Waals surface area contributed by atoms with Crippen molar-refractivity contribution in [2.45, 2.75) is 13.8 Å². The van der Waals surface area contributed by atoms with Crippen molar-refractivity contribution in [3.63, 3.8) is 0 Å². The number of hydrogen-bond acceptors (Lipinski definition) is 4. The van der Waals surface area contributed by atoms with E-state index in [4.69, 9.17) is 9.39 Å². The maximum absolute atomic E-state index is 6.59. The third kappa shape index (κ3) is 3.76. The van der Waals surface area contributed by atoms with Gasteiger partial charge >= 0.3 is 6.48 Å². The molecule has 150 valence electrons. The number of nitrogens with zero attached hydrogens (tertiary/aromatic N) is 2. The van der Waals surface area contributed by atoms with Crippen molar-refractivity contribution in [2.75, 3.05) is 7.11 Å². The number of rotatable bonds is 5. The summed E-state index contributed by atoms with van der Waals surface area (Å²) in [5, 5.41) is 8.85. The molecule has 3 aromatic rings. The lowest BCUT2D eigenvalue weighted by Gasteiger charge is -2.37. The lowest BCUT2D eigenvalue weighted by Crippen LogP contribution is -3.01. The van der Waals surface area contributed by atoms with E-state index in [0.717, 1.165) is 33.8 Å².